The van der Waals surface area contributed by atoms with E-state index in [4.69, 9.17) is 10.5 Å². The summed E-state index contributed by atoms with van der Waals surface area (Å²) in [6.45, 7) is 0.355. The summed E-state index contributed by atoms with van der Waals surface area (Å²) in [5.41, 5.74) is 9.55. The molecule has 3 N–H and O–H groups in total. The third-order valence-corrected chi connectivity index (χ3v) is 3.69. The van der Waals surface area contributed by atoms with Crippen molar-refractivity contribution in [2.24, 2.45) is 5.73 Å². The van der Waals surface area contributed by atoms with Gasteiger partial charge in [0.05, 0.1) is 6.04 Å². The molecule has 0 spiro atoms. The molecule has 3 heteroatoms. The Balaban J connectivity index is 1.65. The Morgan fingerprint density at radius 2 is 1.52 bits per heavy atom. The maximum absolute atomic E-state index is 9.42. The van der Waals surface area contributed by atoms with E-state index in [2.05, 4.69) is 24.3 Å². The van der Waals surface area contributed by atoms with E-state index in [1.165, 1.54) is 5.56 Å². The number of hydrogen-bond donors (Lipinski definition) is 2. The Labute approximate surface area is 136 Å². The molecule has 0 saturated heterocycles. The Kier molecular flexibility index (Phi) is 4.60. The molecule has 116 valence electrons. The van der Waals surface area contributed by atoms with Gasteiger partial charge in [0.1, 0.15) is 18.1 Å². The molecule has 23 heavy (non-hydrogen) atoms. The topological polar surface area (TPSA) is 55.5 Å². The Bertz CT molecular complexity index is 754. The van der Waals surface area contributed by atoms with Crippen LogP contribution in [0.3, 0.4) is 0 Å². The second-order valence-corrected chi connectivity index (χ2v) is 5.40. The van der Waals surface area contributed by atoms with Gasteiger partial charge >= 0.3 is 0 Å². The zero-order valence-electron chi connectivity index (χ0n) is 12.7. The number of rotatable bonds is 5. The zero-order valence-corrected chi connectivity index (χ0v) is 12.7. The summed E-state index contributed by atoms with van der Waals surface area (Å²) in [7, 11) is 0. The second kappa shape index (κ2) is 6.99. The number of nitrogens with two attached hydrogens (primary N) is 1. The third-order valence-electron chi connectivity index (χ3n) is 3.69. The van der Waals surface area contributed by atoms with Gasteiger partial charge in [-0.15, -0.1) is 0 Å². The van der Waals surface area contributed by atoms with Crippen LogP contribution in [0.2, 0.25) is 0 Å². The van der Waals surface area contributed by atoms with E-state index in [0.717, 1.165) is 11.1 Å². The molecule has 0 bridgehead atoms. The lowest BCUT2D eigenvalue weighted by Crippen LogP contribution is -2.18. The molecule has 0 radical (unpaired) electrons. The summed E-state index contributed by atoms with van der Waals surface area (Å²) >= 11 is 0. The number of ether oxygens (including phenoxy) is 1. The lowest BCUT2D eigenvalue weighted by Gasteiger charge is -2.14. The first kappa shape index (κ1) is 15.1. The molecular weight excluding hydrogens is 286 g/mol. The molecule has 3 aromatic rings. The monoisotopic (exact) mass is 305 g/mol. The van der Waals surface area contributed by atoms with E-state index in [1.807, 2.05) is 30.3 Å². The first-order valence-corrected chi connectivity index (χ1v) is 7.55. The fourth-order valence-electron chi connectivity index (χ4n) is 2.41. The van der Waals surface area contributed by atoms with Gasteiger partial charge in [-0.1, -0.05) is 60.7 Å². The molecule has 0 fully saturated rings. The van der Waals surface area contributed by atoms with Crippen LogP contribution in [0, 0.1) is 0 Å². The minimum atomic E-state index is -0.220. The van der Waals surface area contributed by atoms with Crippen LogP contribution in [0.25, 0.3) is 11.1 Å². The van der Waals surface area contributed by atoms with Crippen molar-refractivity contribution in [3.63, 3.8) is 0 Å². The average Bonchev–Trinajstić information content (AvgIpc) is 2.61. The predicted molar refractivity (Wildman–Crippen MR) is 92.4 cm³/mol. The third kappa shape index (κ3) is 3.90. The molecular formula is C20H19NO2. The Morgan fingerprint density at radius 3 is 2.22 bits per heavy atom. The smallest absolute Gasteiger partial charge is 0.123 e. The van der Waals surface area contributed by atoms with E-state index < -0.39 is 0 Å². The van der Waals surface area contributed by atoms with E-state index >= 15 is 0 Å². The van der Waals surface area contributed by atoms with Crippen molar-refractivity contribution in [1.82, 2.24) is 0 Å². The number of benzene rings is 3. The molecule has 3 nitrogen and oxygen atoms in total. The second-order valence-electron chi connectivity index (χ2n) is 5.40. The molecule has 1 atom stereocenters. The highest BCUT2D eigenvalue weighted by molar-refractivity contribution is 5.63. The van der Waals surface area contributed by atoms with Gasteiger partial charge in [-0.3, -0.25) is 0 Å². The average molecular weight is 305 g/mol. The quantitative estimate of drug-likeness (QED) is 0.745. The zero-order chi connectivity index (χ0) is 16.1. The van der Waals surface area contributed by atoms with Gasteiger partial charge in [0.25, 0.3) is 0 Å². The van der Waals surface area contributed by atoms with Crippen LogP contribution in [0.5, 0.6) is 11.5 Å². The standard InChI is InChI=1S/C20H19NO2/c21-20(14-23-19-8-4-7-18(22)13-19)17-11-9-16(10-12-17)15-5-2-1-3-6-15/h1-13,20,22H,14,21H2. The highest BCUT2D eigenvalue weighted by Gasteiger charge is 2.08. The van der Waals surface area contributed by atoms with Crippen molar-refractivity contribution in [2.45, 2.75) is 6.04 Å². The lowest BCUT2D eigenvalue weighted by molar-refractivity contribution is 0.289. The summed E-state index contributed by atoms with van der Waals surface area (Å²) in [4.78, 5) is 0. The number of phenolic OH excluding ortho intramolecular Hbond substituents is 1. The van der Waals surface area contributed by atoms with Crippen molar-refractivity contribution < 1.29 is 9.84 Å². The summed E-state index contributed by atoms with van der Waals surface area (Å²) < 4.78 is 5.63. The molecule has 3 aromatic carbocycles. The van der Waals surface area contributed by atoms with E-state index in [-0.39, 0.29) is 11.8 Å². The van der Waals surface area contributed by atoms with Gasteiger partial charge in [-0.05, 0) is 28.8 Å². The molecule has 3 rings (SSSR count). The van der Waals surface area contributed by atoms with Gasteiger partial charge < -0.3 is 15.6 Å². The largest absolute Gasteiger partial charge is 0.508 e. The molecule has 0 saturated carbocycles. The normalized spacial score (nSPS) is 11.9. The van der Waals surface area contributed by atoms with Crippen molar-refractivity contribution in [3.05, 3.63) is 84.4 Å². The molecule has 0 aromatic heterocycles. The minimum absolute atomic E-state index is 0.184. The van der Waals surface area contributed by atoms with Crippen LogP contribution in [-0.4, -0.2) is 11.7 Å². The van der Waals surface area contributed by atoms with Gasteiger partial charge in [-0.25, -0.2) is 0 Å². The fraction of sp³-hybridized carbons (Fsp3) is 0.100. The SMILES string of the molecule is NC(COc1cccc(O)c1)c1ccc(-c2ccccc2)cc1. The van der Waals surface area contributed by atoms with Crippen molar-refractivity contribution in [2.75, 3.05) is 6.61 Å². The van der Waals surface area contributed by atoms with Crippen LogP contribution in [0.4, 0.5) is 0 Å². The van der Waals surface area contributed by atoms with Crippen molar-refractivity contribution >= 4 is 0 Å². The van der Waals surface area contributed by atoms with Crippen LogP contribution >= 0.6 is 0 Å². The number of hydrogen-bond acceptors (Lipinski definition) is 3. The number of aromatic hydroxyl groups is 1. The molecule has 0 aliphatic rings. The van der Waals surface area contributed by atoms with Gasteiger partial charge in [0.15, 0.2) is 0 Å². The maximum Gasteiger partial charge on any atom is 0.123 e. The first-order valence-electron chi connectivity index (χ1n) is 7.55. The molecule has 0 heterocycles. The maximum atomic E-state index is 9.42. The summed E-state index contributed by atoms with van der Waals surface area (Å²) in [5, 5.41) is 9.42. The highest BCUT2D eigenvalue weighted by atomic mass is 16.5. The van der Waals surface area contributed by atoms with Crippen LogP contribution in [-0.2, 0) is 0 Å². The molecule has 1 unspecified atom stereocenters. The van der Waals surface area contributed by atoms with Gasteiger partial charge in [0, 0.05) is 6.07 Å². The van der Waals surface area contributed by atoms with Crippen LogP contribution in [0.1, 0.15) is 11.6 Å². The molecule has 0 aliphatic carbocycles. The summed E-state index contributed by atoms with van der Waals surface area (Å²) in [5.74, 6) is 0.796. The van der Waals surface area contributed by atoms with Crippen LogP contribution < -0.4 is 10.5 Å². The summed E-state index contributed by atoms with van der Waals surface area (Å²) in [6.07, 6.45) is 0. The van der Waals surface area contributed by atoms with Crippen LogP contribution in [0.15, 0.2) is 78.9 Å². The molecule has 0 aliphatic heterocycles. The summed E-state index contributed by atoms with van der Waals surface area (Å²) in [6, 6.07) is 24.9. The fourth-order valence-corrected chi connectivity index (χ4v) is 2.41. The predicted octanol–water partition coefficient (Wildman–Crippen LogP) is 4.14. The first-order chi connectivity index (χ1) is 11.2. The van der Waals surface area contributed by atoms with E-state index in [1.54, 1.807) is 24.3 Å². The Hall–Kier alpha value is -2.78. The van der Waals surface area contributed by atoms with E-state index in [9.17, 15) is 5.11 Å². The molecule has 0 amide bonds. The van der Waals surface area contributed by atoms with Crippen molar-refractivity contribution in [3.8, 4) is 22.6 Å². The van der Waals surface area contributed by atoms with Gasteiger partial charge in [-0.2, -0.15) is 0 Å². The number of phenols is 1. The lowest BCUT2D eigenvalue weighted by atomic mass is 10.0. The highest BCUT2D eigenvalue weighted by Crippen LogP contribution is 2.22. The van der Waals surface area contributed by atoms with Crippen molar-refractivity contribution in [1.29, 1.82) is 0 Å². The Morgan fingerprint density at radius 1 is 0.826 bits per heavy atom. The van der Waals surface area contributed by atoms with Gasteiger partial charge in [0.2, 0.25) is 0 Å². The minimum Gasteiger partial charge on any atom is -0.508 e. The van der Waals surface area contributed by atoms with E-state index in [0.29, 0.717) is 12.4 Å².